The second-order valence-corrected chi connectivity index (χ2v) is 5.77. The van der Waals surface area contributed by atoms with Crippen LogP contribution in [-0.4, -0.2) is 25.7 Å². The average molecular weight is 301 g/mol. The molecule has 0 aliphatic heterocycles. The molecule has 5 heteroatoms. The molecule has 0 saturated carbocycles. The van der Waals surface area contributed by atoms with E-state index in [9.17, 15) is 4.79 Å². The molecule has 0 aliphatic carbocycles. The van der Waals surface area contributed by atoms with E-state index in [-0.39, 0.29) is 29.8 Å². The highest BCUT2D eigenvalue weighted by Gasteiger charge is 2.29. The predicted octanol–water partition coefficient (Wildman–Crippen LogP) is 2.29. The summed E-state index contributed by atoms with van der Waals surface area (Å²) in [4.78, 5) is 12.2. The molecule has 4 nitrogen and oxygen atoms in total. The number of benzene rings is 1. The van der Waals surface area contributed by atoms with Gasteiger partial charge in [-0.1, -0.05) is 51.1 Å². The van der Waals surface area contributed by atoms with Gasteiger partial charge >= 0.3 is 0 Å². The van der Waals surface area contributed by atoms with E-state index >= 15 is 0 Å². The number of amides is 1. The first-order valence-electron chi connectivity index (χ1n) is 6.46. The highest BCUT2D eigenvalue weighted by Crippen LogP contribution is 2.19. The van der Waals surface area contributed by atoms with Gasteiger partial charge in [0.25, 0.3) is 0 Å². The Balaban J connectivity index is 0.00000361. The molecule has 0 fully saturated rings. The highest BCUT2D eigenvalue weighted by molar-refractivity contribution is 5.85. The van der Waals surface area contributed by atoms with Crippen LogP contribution in [0.25, 0.3) is 0 Å². The lowest BCUT2D eigenvalue weighted by atomic mass is 9.86. The average Bonchev–Trinajstić information content (AvgIpc) is 2.37. The van der Waals surface area contributed by atoms with Gasteiger partial charge in [0, 0.05) is 7.11 Å². The third-order valence-corrected chi connectivity index (χ3v) is 3.07. The summed E-state index contributed by atoms with van der Waals surface area (Å²) in [6, 6.07) is 9.03. The van der Waals surface area contributed by atoms with Crippen molar-refractivity contribution in [1.82, 2.24) is 5.32 Å². The molecule has 1 aromatic carbocycles. The van der Waals surface area contributed by atoms with Gasteiger partial charge in [-0.25, -0.2) is 0 Å². The number of hydrogen-bond acceptors (Lipinski definition) is 3. The summed E-state index contributed by atoms with van der Waals surface area (Å²) in [6.45, 7) is 6.27. The Kier molecular flexibility index (Phi) is 7.79. The minimum absolute atomic E-state index is 0. The number of nitrogens with one attached hydrogen (secondary N) is 1. The zero-order valence-corrected chi connectivity index (χ0v) is 13.4. The van der Waals surface area contributed by atoms with Crippen LogP contribution in [0.5, 0.6) is 0 Å². The SMILES string of the molecule is COC[C@@H](NC(=O)[C@@H](N)C(C)(C)C)c1ccccc1.Cl. The molecule has 2 atom stereocenters. The van der Waals surface area contributed by atoms with Crippen molar-refractivity contribution in [3.63, 3.8) is 0 Å². The molecule has 0 radical (unpaired) electrons. The van der Waals surface area contributed by atoms with Crippen molar-refractivity contribution in [3.8, 4) is 0 Å². The van der Waals surface area contributed by atoms with Gasteiger partial charge in [-0.15, -0.1) is 12.4 Å². The third-order valence-electron chi connectivity index (χ3n) is 3.07. The fourth-order valence-electron chi connectivity index (χ4n) is 1.73. The maximum atomic E-state index is 12.2. The molecule has 1 rings (SSSR count). The molecule has 114 valence electrons. The first-order chi connectivity index (χ1) is 8.86. The Morgan fingerprint density at radius 2 is 1.85 bits per heavy atom. The molecular formula is C15H25ClN2O2. The number of methoxy groups -OCH3 is 1. The van der Waals surface area contributed by atoms with Gasteiger partial charge in [0.2, 0.25) is 5.91 Å². The zero-order chi connectivity index (χ0) is 14.5. The van der Waals surface area contributed by atoms with E-state index in [1.165, 1.54) is 0 Å². The van der Waals surface area contributed by atoms with E-state index in [1.54, 1.807) is 7.11 Å². The van der Waals surface area contributed by atoms with E-state index in [2.05, 4.69) is 5.32 Å². The van der Waals surface area contributed by atoms with Crippen LogP contribution in [0.1, 0.15) is 32.4 Å². The number of hydrogen-bond donors (Lipinski definition) is 2. The number of carbonyl (C=O) groups is 1. The van der Waals surface area contributed by atoms with Crippen molar-refractivity contribution in [1.29, 1.82) is 0 Å². The molecular weight excluding hydrogens is 276 g/mol. The topological polar surface area (TPSA) is 64.3 Å². The normalized spacial score (nSPS) is 14.1. The molecule has 0 saturated heterocycles. The van der Waals surface area contributed by atoms with Crippen molar-refractivity contribution in [2.24, 2.45) is 11.1 Å². The molecule has 0 unspecified atom stereocenters. The number of carbonyl (C=O) groups excluding carboxylic acids is 1. The van der Waals surface area contributed by atoms with Crippen LogP contribution < -0.4 is 11.1 Å². The molecule has 0 aliphatic rings. The second kappa shape index (κ2) is 8.25. The summed E-state index contributed by atoms with van der Waals surface area (Å²) in [5.41, 5.74) is 6.71. The van der Waals surface area contributed by atoms with Crippen LogP contribution in [-0.2, 0) is 9.53 Å². The highest BCUT2D eigenvalue weighted by atomic mass is 35.5. The Hall–Kier alpha value is -1.10. The van der Waals surface area contributed by atoms with Gasteiger partial charge in [0.15, 0.2) is 0 Å². The summed E-state index contributed by atoms with van der Waals surface area (Å²) in [6.07, 6.45) is 0. The number of nitrogens with two attached hydrogens (primary N) is 1. The zero-order valence-electron chi connectivity index (χ0n) is 12.6. The fraction of sp³-hybridized carbons (Fsp3) is 0.533. The van der Waals surface area contributed by atoms with Crippen LogP contribution in [0, 0.1) is 5.41 Å². The van der Waals surface area contributed by atoms with Crippen molar-refractivity contribution in [2.45, 2.75) is 32.9 Å². The molecule has 0 bridgehead atoms. The molecule has 0 heterocycles. The number of rotatable bonds is 5. The monoisotopic (exact) mass is 300 g/mol. The van der Waals surface area contributed by atoms with E-state index < -0.39 is 6.04 Å². The van der Waals surface area contributed by atoms with Gasteiger partial charge in [0.05, 0.1) is 18.7 Å². The van der Waals surface area contributed by atoms with Crippen LogP contribution in [0.15, 0.2) is 30.3 Å². The Bertz CT molecular complexity index is 404. The fourth-order valence-corrected chi connectivity index (χ4v) is 1.73. The molecule has 1 amide bonds. The van der Waals surface area contributed by atoms with Gasteiger partial charge in [-0.2, -0.15) is 0 Å². The van der Waals surface area contributed by atoms with Gasteiger partial charge in [-0.05, 0) is 11.0 Å². The maximum absolute atomic E-state index is 12.2. The summed E-state index contributed by atoms with van der Waals surface area (Å²) in [7, 11) is 1.62. The van der Waals surface area contributed by atoms with E-state index in [4.69, 9.17) is 10.5 Å². The second-order valence-electron chi connectivity index (χ2n) is 5.77. The summed E-state index contributed by atoms with van der Waals surface area (Å²) < 4.78 is 5.17. The summed E-state index contributed by atoms with van der Waals surface area (Å²) in [5.74, 6) is -0.154. The minimum Gasteiger partial charge on any atom is -0.382 e. The Labute approximate surface area is 127 Å². The van der Waals surface area contributed by atoms with Crippen molar-refractivity contribution < 1.29 is 9.53 Å². The third kappa shape index (κ3) is 5.49. The Morgan fingerprint density at radius 3 is 2.30 bits per heavy atom. The molecule has 20 heavy (non-hydrogen) atoms. The van der Waals surface area contributed by atoms with E-state index in [0.717, 1.165) is 5.56 Å². The van der Waals surface area contributed by atoms with Crippen LogP contribution in [0.4, 0.5) is 0 Å². The lowest BCUT2D eigenvalue weighted by Gasteiger charge is -2.28. The van der Waals surface area contributed by atoms with E-state index in [1.807, 2.05) is 51.1 Å². The number of ether oxygens (including phenoxy) is 1. The van der Waals surface area contributed by atoms with Gasteiger partial charge in [0.1, 0.15) is 0 Å². The largest absolute Gasteiger partial charge is 0.382 e. The quantitative estimate of drug-likeness (QED) is 0.877. The van der Waals surface area contributed by atoms with Gasteiger partial charge < -0.3 is 15.8 Å². The van der Waals surface area contributed by atoms with E-state index in [0.29, 0.717) is 6.61 Å². The van der Waals surface area contributed by atoms with Crippen molar-refractivity contribution >= 4 is 18.3 Å². The van der Waals surface area contributed by atoms with Crippen molar-refractivity contribution in [2.75, 3.05) is 13.7 Å². The maximum Gasteiger partial charge on any atom is 0.238 e. The van der Waals surface area contributed by atoms with Gasteiger partial charge in [-0.3, -0.25) is 4.79 Å². The summed E-state index contributed by atoms with van der Waals surface area (Å²) in [5, 5.41) is 2.95. The molecule has 1 aromatic rings. The minimum atomic E-state index is -0.546. The molecule has 3 N–H and O–H groups in total. The van der Waals surface area contributed by atoms with Crippen LogP contribution in [0.3, 0.4) is 0 Å². The predicted molar refractivity (Wildman–Crippen MR) is 83.9 cm³/mol. The lowest BCUT2D eigenvalue weighted by Crippen LogP contribution is -2.50. The first kappa shape index (κ1) is 18.9. The smallest absolute Gasteiger partial charge is 0.238 e. The Morgan fingerprint density at radius 1 is 1.30 bits per heavy atom. The van der Waals surface area contributed by atoms with Crippen molar-refractivity contribution in [3.05, 3.63) is 35.9 Å². The summed E-state index contributed by atoms with van der Waals surface area (Å²) >= 11 is 0. The molecule has 0 spiro atoms. The molecule has 0 aromatic heterocycles. The number of halogens is 1. The standard InChI is InChI=1S/C15H24N2O2.ClH/c1-15(2,3)13(16)14(18)17-12(10-19-4)11-8-6-5-7-9-11;/h5-9,12-13H,10,16H2,1-4H3,(H,17,18);1H/t12-,13-;/m1./s1. The van der Waals surface area contributed by atoms with Crippen LogP contribution in [0.2, 0.25) is 0 Å². The lowest BCUT2D eigenvalue weighted by molar-refractivity contribution is -0.125. The first-order valence-corrected chi connectivity index (χ1v) is 6.46. The van der Waals surface area contributed by atoms with Crippen LogP contribution >= 0.6 is 12.4 Å².